The van der Waals surface area contributed by atoms with Crippen molar-refractivity contribution in [3.05, 3.63) is 42.0 Å². The van der Waals surface area contributed by atoms with Gasteiger partial charge in [-0.15, -0.1) is 0 Å². The minimum Gasteiger partial charge on any atom is -0.504 e. The molecule has 0 unspecified atom stereocenters. The number of aliphatic carboxylic acids is 2. The highest BCUT2D eigenvalue weighted by atomic mass is 16.5. The van der Waals surface area contributed by atoms with Gasteiger partial charge in [-0.1, -0.05) is 121 Å². The summed E-state index contributed by atoms with van der Waals surface area (Å²) in [6, 6.07) is 10.1. The summed E-state index contributed by atoms with van der Waals surface area (Å²) in [5, 5.41) is 38.6. The molecule has 2 aromatic rings. The zero-order chi connectivity index (χ0) is 34.8. The molecule has 48 heavy (non-hydrogen) atoms. The Kier molecular flexibility index (Phi) is 21.5. The van der Waals surface area contributed by atoms with E-state index >= 15 is 0 Å². The molecule has 4 N–H and O–H groups in total. The van der Waals surface area contributed by atoms with Crippen LogP contribution in [0.4, 0.5) is 5.69 Å². The number of rotatable bonds is 30. The summed E-state index contributed by atoms with van der Waals surface area (Å²) < 4.78 is 12.3. The van der Waals surface area contributed by atoms with Crippen molar-refractivity contribution in [3.8, 4) is 23.0 Å². The number of carboxylic acid groups (broad SMARTS) is 2. The second-order valence-electron chi connectivity index (χ2n) is 12.8. The van der Waals surface area contributed by atoms with E-state index in [0.717, 1.165) is 32.1 Å². The maximum atomic E-state index is 11.6. The van der Waals surface area contributed by atoms with Crippen LogP contribution in [0.15, 0.2) is 36.4 Å². The molecule has 9 heteroatoms. The number of benzene rings is 2. The SMILES string of the molecule is CCCCCCCCCCCCCCCCCCOc1cccc(N(CC(=O)O)CC(=O)O)c1OCCCCCc1cccc(O)c1O. The van der Waals surface area contributed by atoms with Gasteiger partial charge in [0.1, 0.15) is 13.1 Å². The number of anilines is 1. The Bertz CT molecular complexity index is 1150. The number of hydrogen-bond donors (Lipinski definition) is 4. The molecule has 0 saturated carbocycles. The molecule has 0 saturated heterocycles. The third kappa shape index (κ3) is 17.5. The van der Waals surface area contributed by atoms with Crippen molar-refractivity contribution >= 4 is 17.6 Å². The molecule has 0 aliphatic heterocycles. The molecule has 0 radical (unpaired) electrons. The Balaban J connectivity index is 1.77. The summed E-state index contributed by atoms with van der Waals surface area (Å²) in [5.41, 5.74) is 1.05. The standard InChI is InChI=1S/C39H61NO8/c1-2-3-4-5-6-7-8-9-10-11-12-13-14-15-16-19-28-47-35-27-22-25-33(40(30-36(42)43)31-37(44)45)39(35)48-29-20-17-18-23-32-24-21-26-34(41)38(32)46/h21-22,24-27,41,46H,2-20,23,28-31H2,1H3,(H,42,43)(H,44,45). The number of aryl methyl sites for hydroxylation is 1. The van der Waals surface area contributed by atoms with E-state index < -0.39 is 25.0 Å². The van der Waals surface area contributed by atoms with Crippen LogP contribution in [-0.2, 0) is 16.0 Å². The van der Waals surface area contributed by atoms with Crippen LogP contribution in [0.3, 0.4) is 0 Å². The van der Waals surface area contributed by atoms with Crippen LogP contribution >= 0.6 is 0 Å². The Hall–Kier alpha value is -3.62. The number of phenols is 2. The fraction of sp³-hybridized carbons (Fsp3) is 0.641. The molecule has 2 rings (SSSR count). The predicted molar refractivity (Wildman–Crippen MR) is 192 cm³/mol. The number of nitrogens with zero attached hydrogens (tertiary/aromatic N) is 1. The number of para-hydroxylation sites is 2. The van der Waals surface area contributed by atoms with Crippen molar-refractivity contribution in [1.82, 2.24) is 0 Å². The maximum absolute atomic E-state index is 11.6. The Morgan fingerprint density at radius 1 is 0.604 bits per heavy atom. The zero-order valence-electron chi connectivity index (χ0n) is 29.3. The zero-order valence-corrected chi connectivity index (χ0v) is 29.3. The van der Waals surface area contributed by atoms with E-state index in [1.54, 1.807) is 30.3 Å². The Labute approximate surface area is 288 Å². The molecule has 0 atom stereocenters. The highest BCUT2D eigenvalue weighted by molar-refractivity contribution is 5.81. The number of ether oxygens (including phenoxy) is 2. The minimum atomic E-state index is -1.14. The van der Waals surface area contributed by atoms with Crippen LogP contribution in [0.25, 0.3) is 0 Å². The van der Waals surface area contributed by atoms with E-state index in [9.17, 15) is 30.0 Å². The van der Waals surface area contributed by atoms with Crippen LogP contribution in [0.5, 0.6) is 23.0 Å². The molecule has 0 aromatic heterocycles. The van der Waals surface area contributed by atoms with Gasteiger partial charge in [0, 0.05) is 0 Å². The second kappa shape index (κ2) is 25.4. The van der Waals surface area contributed by atoms with Gasteiger partial charge in [0.05, 0.1) is 18.9 Å². The van der Waals surface area contributed by atoms with Crippen molar-refractivity contribution in [3.63, 3.8) is 0 Å². The van der Waals surface area contributed by atoms with Crippen LogP contribution in [-0.4, -0.2) is 58.7 Å². The van der Waals surface area contributed by atoms with Gasteiger partial charge in [-0.25, -0.2) is 0 Å². The van der Waals surface area contributed by atoms with Crippen molar-refractivity contribution in [2.75, 3.05) is 31.2 Å². The molecule has 0 bridgehead atoms. The monoisotopic (exact) mass is 671 g/mol. The quantitative estimate of drug-likeness (QED) is 0.0473. The summed E-state index contributed by atoms with van der Waals surface area (Å²) in [6.45, 7) is 2.10. The normalized spacial score (nSPS) is 11.0. The third-order valence-electron chi connectivity index (χ3n) is 8.64. The average molecular weight is 672 g/mol. The van der Waals surface area contributed by atoms with Crippen LogP contribution in [0, 0.1) is 0 Å². The lowest BCUT2D eigenvalue weighted by Gasteiger charge is -2.25. The van der Waals surface area contributed by atoms with Crippen LogP contribution in [0.1, 0.15) is 134 Å². The fourth-order valence-electron chi connectivity index (χ4n) is 5.95. The molecule has 0 heterocycles. The molecule has 270 valence electrons. The largest absolute Gasteiger partial charge is 0.504 e. The number of carboxylic acids is 2. The molecule has 0 aliphatic carbocycles. The van der Waals surface area contributed by atoms with E-state index in [-0.39, 0.29) is 11.5 Å². The number of carbonyl (C=O) groups is 2. The fourth-order valence-corrected chi connectivity index (χ4v) is 5.95. The smallest absolute Gasteiger partial charge is 0.323 e. The van der Waals surface area contributed by atoms with Gasteiger partial charge < -0.3 is 34.8 Å². The Morgan fingerprint density at radius 3 is 1.62 bits per heavy atom. The first kappa shape index (κ1) is 40.6. The van der Waals surface area contributed by atoms with Gasteiger partial charge >= 0.3 is 11.9 Å². The molecular weight excluding hydrogens is 610 g/mol. The highest BCUT2D eigenvalue weighted by Gasteiger charge is 2.21. The lowest BCUT2D eigenvalue weighted by molar-refractivity contribution is -0.136. The topological polar surface area (TPSA) is 137 Å². The van der Waals surface area contributed by atoms with Gasteiger partial charge in [-0.2, -0.15) is 0 Å². The third-order valence-corrected chi connectivity index (χ3v) is 8.64. The molecule has 9 nitrogen and oxygen atoms in total. The molecule has 0 amide bonds. The van der Waals surface area contributed by atoms with Gasteiger partial charge in [-0.05, 0) is 55.9 Å². The summed E-state index contributed by atoms with van der Waals surface area (Å²) in [4.78, 5) is 24.4. The van der Waals surface area contributed by atoms with E-state index in [1.807, 2.05) is 0 Å². The molecular formula is C39H61NO8. The molecule has 2 aromatic carbocycles. The van der Waals surface area contributed by atoms with E-state index in [4.69, 9.17) is 9.47 Å². The predicted octanol–water partition coefficient (Wildman–Crippen LogP) is 9.51. The van der Waals surface area contributed by atoms with Crippen LogP contribution < -0.4 is 14.4 Å². The van der Waals surface area contributed by atoms with E-state index in [0.29, 0.717) is 48.8 Å². The van der Waals surface area contributed by atoms with Crippen molar-refractivity contribution in [1.29, 1.82) is 0 Å². The number of phenolic OH excluding ortho intramolecular Hbond substituents is 2. The molecule has 0 aliphatic rings. The number of aromatic hydroxyl groups is 2. The second-order valence-corrected chi connectivity index (χ2v) is 12.8. The minimum absolute atomic E-state index is 0.0919. The van der Waals surface area contributed by atoms with Crippen LogP contribution in [0.2, 0.25) is 0 Å². The first-order chi connectivity index (χ1) is 23.3. The first-order valence-electron chi connectivity index (χ1n) is 18.4. The van der Waals surface area contributed by atoms with Gasteiger partial charge in [0.15, 0.2) is 23.0 Å². The molecule has 0 fully saturated rings. The van der Waals surface area contributed by atoms with E-state index in [2.05, 4.69) is 6.92 Å². The van der Waals surface area contributed by atoms with Crippen molar-refractivity contribution < 1.29 is 39.5 Å². The number of unbranched alkanes of at least 4 members (excludes halogenated alkanes) is 17. The average Bonchev–Trinajstić information content (AvgIpc) is 3.05. The Morgan fingerprint density at radius 2 is 1.08 bits per heavy atom. The lowest BCUT2D eigenvalue weighted by atomic mass is 10.0. The maximum Gasteiger partial charge on any atom is 0.323 e. The number of hydrogen-bond acceptors (Lipinski definition) is 7. The summed E-state index contributed by atoms with van der Waals surface area (Å²) in [7, 11) is 0. The first-order valence-corrected chi connectivity index (χ1v) is 18.4. The molecule has 0 spiro atoms. The van der Waals surface area contributed by atoms with E-state index in [1.165, 1.54) is 94.4 Å². The summed E-state index contributed by atoms with van der Waals surface area (Å²) in [6.07, 6.45) is 23.5. The highest BCUT2D eigenvalue weighted by Crippen LogP contribution is 2.38. The van der Waals surface area contributed by atoms with Crippen molar-refractivity contribution in [2.24, 2.45) is 0 Å². The summed E-state index contributed by atoms with van der Waals surface area (Å²) >= 11 is 0. The lowest BCUT2D eigenvalue weighted by Crippen LogP contribution is -2.34. The van der Waals surface area contributed by atoms with Gasteiger partial charge in [0.2, 0.25) is 0 Å². The van der Waals surface area contributed by atoms with Gasteiger partial charge in [0.25, 0.3) is 0 Å². The van der Waals surface area contributed by atoms with Gasteiger partial charge in [-0.3, -0.25) is 9.59 Å². The summed E-state index contributed by atoms with van der Waals surface area (Å²) in [5.74, 6) is -1.69. The van der Waals surface area contributed by atoms with Crippen molar-refractivity contribution in [2.45, 2.75) is 135 Å².